The molecule has 0 atom stereocenters. The van der Waals surface area contributed by atoms with E-state index in [1.807, 2.05) is 0 Å². The Bertz CT molecular complexity index is 713. The lowest BCUT2D eigenvalue weighted by Crippen LogP contribution is -2.19. The molecule has 21 heavy (non-hydrogen) atoms. The third kappa shape index (κ3) is 2.64. The predicted octanol–water partition coefficient (Wildman–Crippen LogP) is 3.69. The highest BCUT2D eigenvalue weighted by Crippen LogP contribution is 2.35. The van der Waals surface area contributed by atoms with Crippen LogP contribution in [0, 0.1) is 5.82 Å². The lowest BCUT2D eigenvalue weighted by Gasteiger charge is -2.20. The third-order valence-electron chi connectivity index (χ3n) is 3.39. The van der Waals surface area contributed by atoms with Crippen molar-refractivity contribution in [1.29, 1.82) is 0 Å². The molecule has 0 saturated carbocycles. The monoisotopic (exact) mass is 305 g/mol. The molecule has 4 nitrogen and oxygen atoms in total. The van der Waals surface area contributed by atoms with Crippen molar-refractivity contribution in [3.8, 4) is 0 Å². The maximum absolute atomic E-state index is 13.8. The zero-order valence-corrected chi connectivity index (χ0v) is 11.8. The Labute approximate surface area is 126 Å². The van der Waals surface area contributed by atoms with Crippen molar-refractivity contribution < 1.29 is 9.18 Å². The number of anilines is 4. The Morgan fingerprint density at radius 3 is 2.86 bits per heavy atom. The van der Waals surface area contributed by atoms with Crippen molar-refractivity contribution in [2.75, 3.05) is 16.4 Å². The van der Waals surface area contributed by atoms with Gasteiger partial charge in [-0.25, -0.2) is 4.39 Å². The van der Waals surface area contributed by atoms with Gasteiger partial charge in [0.15, 0.2) is 0 Å². The number of halogens is 2. The Morgan fingerprint density at radius 1 is 1.29 bits per heavy atom. The molecule has 2 aromatic rings. The van der Waals surface area contributed by atoms with Crippen LogP contribution in [0.15, 0.2) is 30.3 Å². The molecule has 1 aliphatic heterocycles. The first-order valence-corrected chi connectivity index (χ1v) is 6.85. The summed E-state index contributed by atoms with van der Waals surface area (Å²) in [5, 5.41) is 5.93. The van der Waals surface area contributed by atoms with Gasteiger partial charge in [-0.05, 0) is 36.2 Å². The van der Waals surface area contributed by atoms with E-state index in [1.165, 1.54) is 12.1 Å². The van der Waals surface area contributed by atoms with Gasteiger partial charge in [0.2, 0.25) is 5.91 Å². The molecule has 0 radical (unpaired) electrons. The molecule has 3 rings (SSSR count). The number of nitrogens with one attached hydrogen (secondary N) is 2. The lowest BCUT2D eigenvalue weighted by atomic mass is 10.0. The number of hydrogen-bond donors (Lipinski definition) is 3. The summed E-state index contributed by atoms with van der Waals surface area (Å²) in [6.07, 6.45) is 1.09. The number of hydrogen-bond acceptors (Lipinski definition) is 3. The molecule has 0 aliphatic carbocycles. The Morgan fingerprint density at radius 2 is 2.10 bits per heavy atom. The van der Waals surface area contributed by atoms with Crippen LogP contribution in [-0.2, 0) is 11.2 Å². The Kier molecular flexibility index (Phi) is 3.43. The van der Waals surface area contributed by atoms with E-state index in [0.717, 1.165) is 5.56 Å². The van der Waals surface area contributed by atoms with E-state index >= 15 is 0 Å². The second kappa shape index (κ2) is 5.26. The molecule has 0 bridgehead atoms. The zero-order chi connectivity index (χ0) is 15.0. The summed E-state index contributed by atoms with van der Waals surface area (Å²) in [5.74, 6) is -0.509. The highest BCUT2D eigenvalue weighted by atomic mass is 35.5. The first-order valence-electron chi connectivity index (χ1n) is 6.48. The molecule has 0 unspecified atom stereocenters. The minimum absolute atomic E-state index is 0.0397. The maximum atomic E-state index is 13.8. The van der Waals surface area contributed by atoms with Crippen LogP contribution in [-0.4, -0.2) is 5.91 Å². The Balaban J connectivity index is 1.99. The molecular weight excluding hydrogens is 293 g/mol. The van der Waals surface area contributed by atoms with Crippen LogP contribution in [0.4, 0.5) is 27.1 Å². The minimum atomic E-state index is -0.469. The molecule has 108 valence electrons. The molecule has 0 aromatic heterocycles. The number of nitrogens with two attached hydrogens (primary N) is 1. The average molecular weight is 306 g/mol. The number of fused-ring (bicyclic) bond motifs is 1. The minimum Gasteiger partial charge on any atom is -0.397 e. The molecule has 1 aliphatic rings. The SMILES string of the molecule is Nc1cc2c(cc1Nc1c(F)cccc1Cl)NC(=O)CC2. The van der Waals surface area contributed by atoms with Gasteiger partial charge >= 0.3 is 0 Å². The number of aryl methyl sites for hydroxylation is 1. The van der Waals surface area contributed by atoms with Gasteiger partial charge in [0.05, 0.1) is 22.1 Å². The van der Waals surface area contributed by atoms with E-state index in [0.29, 0.717) is 29.9 Å². The van der Waals surface area contributed by atoms with Crippen LogP contribution in [0.2, 0.25) is 5.02 Å². The van der Waals surface area contributed by atoms with E-state index in [4.69, 9.17) is 17.3 Å². The van der Waals surface area contributed by atoms with Gasteiger partial charge in [-0.2, -0.15) is 0 Å². The number of nitrogen functional groups attached to an aromatic ring is 1. The summed E-state index contributed by atoms with van der Waals surface area (Å²) in [6, 6.07) is 7.91. The normalized spacial score (nSPS) is 13.5. The van der Waals surface area contributed by atoms with Crippen molar-refractivity contribution in [2.24, 2.45) is 0 Å². The molecular formula is C15H13ClFN3O. The van der Waals surface area contributed by atoms with Gasteiger partial charge in [0.1, 0.15) is 5.82 Å². The lowest BCUT2D eigenvalue weighted by molar-refractivity contribution is -0.116. The van der Waals surface area contributed by atoms with Crippen LogP contribution in [0.1, 0.15) is 12.0 Å². The smallest absolute Gasteiger partial charge is 0.224 e. The van der Waals surface area contributed by atoms with Gasteiger partial charge in [0.25, 0.3) is 0 Å². The summed E-state index contributed by atoms with van der Waals surface area (Å²) in [6.45, 7) is 0. The summed E-state index contributed by atoms with van der Waals surface area (Å²) < 4.78 is 13.8. The summed E-state index contributed by atoms with van der Waals surface area (Å²) in [7, 11) is 0. The molecule has 4 N–H and O–H groups in total. The zero-order valence-electron chi connectivity index (χ0n) is 11.0. The summed E-state index contributed by atoms with van der Waals surface area (Å²) >= 11 is 5.99. The Hall–Kier alpha value is -2.27. The molecule has 0 spiro atoms. The third-order valence-corrected chi connectivity index (χ3v) is 3.71. The van der Waals surface area contributed by atoms with E-state index in [1.54, 1.807) is 18.2 Å². The van der Waals surface area contributed by atoms with Gasteiger partial charge in [-0.15, -0.1) is 0 Å². The number of carbonyl (C=O) groups is 1. The van der Waals surface area contributed by atoms with Crippen molar-refractivity contribution in [1.82, 2.24) is 0 Å². The summed E-state index contributed by atoms with van der Waals surface area (Å²) in [5.41, 5.74) is 8.79. The number of carbonyl (C=O) groups excluding carboxylic acids is 1. The standard InChI is InChI=1S/C15H13ClFN3O/c16-9-2-1-3-10(17)15(9)20-13-7-12-8(6-11(13)18)4-5-14(21)19-12/h1-3,6-7,20H,4-5,18H2,(H,19,21). The van der Waals surface area contributed by atoms with Crippen LogP contribution in [0.25, 0.3) is 0 Å². The maximum Gasteiger partial charge on any atom is 0.224 e. The first kappa shape index (κ1) is 13.7. The van der Waals surface area contributed by atoms with Gasteiger partial charge in [-0.1, -0.05) is 17.7 Å². The molecule has 6 heteroatoms. The van der Waals surface area contributed by atoms with Crippen molar-refractivity contribution in [2.45, 2.75) is 12.8 Å². The highest BCUT2D eigenvalue weighted by molar-refractivity contribution is 6.33. The van der Waals surface area contributed by atoms with Crippen LogP contribution in [0.5, 0.6) is 0 Å². The fourth-order valence-electron chi connectivity index (χ4n) is 2.31. The van der Waals surface area contributed by atoms with Gasteiger partial charge in [-0.3, -0.25) is 4.79 Å². The van der Waals surface area contributed by atoms with Crippen LogP contribution in [0.3, 0.4) is 0 Å². The number of amides is 1. The summed E-state index contributed by atoms with van der Waals surface area (Å²) in [4.78, 5) is 11.4. The van der Waals surface area contributed by atoms with Crippen molar-refractivity contribution in [3.05, 3.63) is 46.7 Å². The predicted molar refractivity (Wildman–Crippen MR) is 82.5 cm³/mol. The fourth-order valence-corrected chi connectivity index (χ4v) is 2.52. The molecule has 0 fully saturated rings. The van der Waals surface area contributed by atoms with Gasteiger partial charge < -0.3 is 16.4 Å². The van der Waals surface area contributed by atoms with Crippen LogP contribution >= 0.6 is 11.6 Å². The number of para-hydroxylation sites is 1. The quantitative estimate of drug-likeness (QED) is 0.741. The topological polar surface area (TPSA) is 67.2 Å². The molecule has 1 heterocycles. The second-order valence-electron chi connectivity index (χ2n) is 4.87. The van der Waals surface area contributed by atoms with Crippen molar-refractivity contribution in [3.63, 3.8) is 0 Å². The second-order valence-corrected chi connectivity index (χ2v) is 5.27. The van der Waals surface area contributed by atoms with Crippen molar-refractivity contribution >= 4 is 40.3 Å². The largest absolute Gasteiger partial charge is 0.397 e. The van der Waals surface area contributed by atoms with E-state index < -0.39 is 5.82 Å². The fraction of sp³-hybridized carbons (Fsp3) is 0.133. The average Bonchev–Trinajstić information content (AvgIpc) is 2.44. The number of rotatable bonds is 2. The first-order chi connectivity index (χ1) is 10.0. The van der Waals surface area contributed by atoms with Gasteiger partial charge in [0, 0.05) is 12.1 Å². The van der Waals surface area contributed by atoms with E-state index in [9.17, 15) is 9.18 Å². The van der Waals surface area contributed by atoms with E-state index in [2.05, 4.69) is 10.6 Å². The molecule has 1 amide bonds. The van der Waals surface area contributed by atoms with E-state index in [-0.39, 0.29) is 16.6 Å². The molecule has 0 saturated heterocycles. The van der Waals surface area contributed by atoms with Crippen LogP contribution < -0.4 is 16.4 Å². The number of benzene rings is 2. The highest BCUT2D eigenvalue weighted by Gasteiger charge is 2.17. The molecule has 2 aromatic carbocycles.